The first-order valence-electron chi connectivity index (χ1n) is 9.31. The average molecular weight is 447 g/mol. The Hall–Kier alpha value is -2.48. The van der Waals surface area contributed by atoms with Gasteiger partial charge in [0, 0.05) is 62.2 Å². The van der Waals surface area contributed by atoms with Gasteiger partial charge in [-0.2, -0.15) is 5.10 Å². The molecule has 0 radical (unpaired) electrons. The molecule has 1 aromatic heterocycles. The van der Waals surface area contributed by atoms with E-state index < -0.39 is 0 Å². The van der Waals surface area contributed by atoms with E-state index in [9.17, 15) is 14.4 Å². The number of piperazine rings is 1. The minimum Gasteiger partial charge on any atom is -0.339 e. The maximum Gasteiger partial charge on any atom is 0.266 e. The summed E-state index contributed by atoms with van der Waals surface area (Å²) in [5, 5.41) is 4.43. The van der Waals surface area contributed by atoms with Gasteiger partial charge in [-0.1, -0.05) is 28.1 Å². The summed E-state index contributed by atoms with van der Waals surface area (Å²) in [7, 11) is 0. The van der Waals surface area contributed by atoms with E-state index in [2.05, 4.69) is 21.0 Å². The Morgan fingerprint density at radius 2 is 1.64 bits per heavy atom. The predicted octanol–water partition coefficient (Wildman–Crippen LogP) is 2.14. The van der Waals surface area contributed by atoms with Crippen molar-refractivity contribution in [3.05, 3.63) is 51.2 Å². The molecule has 1 aromatic carbocycles. The summed E-state index contributed by atoms with van der Waals surface area (Å²) in [5.41, 5.74) is 1.47. The normalized spacial score (nSPS) is 14.2. The quantitative estimate of drug-likeness (QED) is 0.704. The SMILES string of the molecule is CC(=O)N1CCN(C(=O)CCCn2nc(-c3ccc(Br)cc3)ccc2=O)CC1. The second-order valence-electron chi connectivity index (χ2n) is 6.78. The maximum absolute atomic E-state index is 12.4. The minimum atomic E-state index is -0.177. The molecular formula is C20H23BrN4O3. The van der Waals surface area contributed by atoms with E-state index in [1.165, 1.54) is 10.7 Å². The van der Waals surface area contributed by atoms with Gasteiger partial charge in [-0.3, -0.25) is 14.4 Å². The van der Waals surface area contributed by atoms with Crippen LogP contribution in [0.1, 0.15) is 19.8 Å². The van der Waals surface area contributed by atoms with Crippen LogP contribution in [0.5, 0.6) is 0 Å². The second kappa shape index (κ2) is 9.14. The third-order valence-corrected chi connectivity index (χ3v) is 5.37. The Labute approximate surface area is 172 Å². The lowest BCUT2D eigenvalue weighted by molar-refractivity contribution is -0.138. The first kappa shape index (κ1) is 20.3. The highest BCUT2D eigenvalue weighted by molar-refractivity contribution is 9.10. The third-order valence-electron chi connectivity index (χ3n) is 4.84. The molecule has 0 unspecified atom stereocenters. The molecule has 148 valence electrons. The third kappa shape index (κ3) is 5.07. The Morgan fingerprint density at radius 1 is 1.00 bits per heavy atom. The molecule has 0 atom stereocenters. The summed E-state index contributed by atoms with van der Waals surface area (Å²) in [6, 6.07) is 10.9. The molecule has 2 amide bonds. The molecule has 28 heavy (non-hydrogen) atoms. The van der Waals surface area contributed by atoms with E-state index in [4.69, 9.17) is 0 Å². The number of hydrogen-bond donors (Lipinski definition) is 0. The fourth-order valence-corrected chi connectivity index (χ4v) is 3.46. The van der Waals surface area contributed by atoms with Crippen LogP contribution >= 0.6 is 15.9 Å². The van der Waals surface area contributed by atoms with Crippen LogP contribution in [0.25, 0.3) is 11.3 Å². The summed E-state index contributed by atoms with van der Waals surface area (Å²) >= 11 is 3.40. The summed E-state index contributed by atoms with van der Waals surface area (Å²) in [4.78, 5) is 39.4. The van der Waals surface area contributed by atoms with E-state index in [0.29, 0.717) is 45.6 Å². The Bertz CT molecular complexity index is 902. The molecule has 8 heteroatoms. The van der Waals surface area contributed by atoms with Crippen LogP contribution in [0.2, 0.25) is 0 Å². The van der Waals surface area contributed by atoms with Crippen LogP contribution < -0.4 is 5.56 Å². The highest BCUT2D eigenvalue weighted by Crippen LogP contribution is 2.18. The number of amides is 2. The topological polar surface area (TPSA) is 75.5 Å². The molecule has 1 aliphatic rings. The fraction of sp³-hybridized carbons (Fsp3) is 0.400. The van der Waals surface area contributed by atoms with Crippen molar-refractivity contribution in [3.8, 4) is 11.3 Å². The number of aryl methyl sites for hydroxylation is 1. The number of rotatable bonds is 5. The molecule has 0 spiro atoms. The average Bonchev–Trinajstić information content (AvgIpc) is 2.70. The van der Waals surface area contributed by atoms with Crippen LogP contribution in [0, 0.1) is 0 Å². The lowest BCUT2D eigenvalue weighted by Gasteiger charge is -2.34. The van der Waals surface area contributed by atoms with Gasteiger partial charge in [-0.05, 0) is 24.6 Å². The molecule has 0 aliphatic carbocycles. The van der Waals surface area contributed by atoms with Crippen LogP contribution in [-0.4, -0.2) is 57.6 Å². The monoisotopic (exact) mass is 446 g/mol. The number of benzene rings is 1. The molecule has 0 bridgehead atoms. The van der Waals surface area contributed by atoms with Crippen molar-refractivity contribution >= 4 is 27.7 Å². The van der Waals surface area contributed by atoms with Crippen molar-refractivity contribution in [3.63, 3.8) is 0 Å². The fourth-order valence-electron chi connectivity index (χ4n) is 3.19. The zero-order chi connectivity index (χ0) is 20.1. The summed E-state index contributed by atoms with van der Waals surface area (Å²) < 4.78 is 2.39. The van der Waals surface area contributed by atoms with Crippen molar-refractivity contribution in [2.24, 2.45) is 0 Å². The zero-order valence-corrected chi connectivity index (χ0v) is 17.4. The first-order valence-corrected chi connectivity index (χ1v) is 10.1. The Balaban J connectivity index is 1.55. The number of hydrogen-bond acceptors (Lipinski definition) is 4. The highest BCUT2D eigenvalue weighted by Gasteiger charge is 2.21. The smallest absolute Gasteiger partial charge is 0.266 e. The predicted molar refractivity (Wildman–Crippen MR) is 110 cm³/mol. The van der Waals surface area contributed by atoms with Crippen molar-refractivity contribution in [1.82, 2.24) is 19.6 Å². The summed E-state index contributed by atoms with van der Waals surface area (Å²) in [6.07, 6.45) is 0.902. The number of carbonyl (C=O) groups is 2. The van der Waals surface area contributed by atoms with E-state index in [0.717, 1.165) is 15.7 Å². The molecule has 1 fully saturated rings. The van der Waals surface area contributed by atoms with Crippen molar-refractivity contribution in [2.75, 3.05) is 26.2 Å². The van der Waals surface area contributed by atoms with E-state index in [1.54, 1.807) is 22.8 Å². The van der Waals surface area contributed by atoms with Crippen molar-refractivity contribution in [1.29, 1.82) is 0 Å². The first-order chi connectivity index (χ1) is 13.4. The van der Waals surface area contributed by atoms with E-state index in [1.807, 2.05) is 24.3 Å². The van der Waals surface area contributed by atoms with Gasteiger partial charge in [0.05, 0.1) is 5.69 Å². The number of halogens is 1. The molecule has 1 saturated heterocycles. The van der Waals surface area contributed by atoms with E-state index in [-0.39, 0.29) is 17.4 Å². The van der Waals surface area contributed by atoms with Gasteiger partial charge in [0.25, 0.3) is 5.56 Å². The minimum absolute atomic E-state index is 0.0446. The van der Waals surface area contributed by atoms with Gasteiger partial charge in [0.15, 0.2) is 0 Å². The molecule has 3 rings (SSSR count). The van der Waals surface area contributed by atoms with Gasteiger partial charge in [-0.15, -0.1) is 0 Å². The molecule has 1 aliphatic heterocycles. The lowest BCUT2D eigenvalue weighted by atomic mass is 10.1. The van der Waals surface area contributed by atoms with Crippen LogP contribution in [-0.2, 0) is 16.1 Å². The van der Waals surface area contributed by atoms with Crippen molar-refractivity contribution < 1.29 is 9.59 Å². The number of carbonyl (C=O) groups excluding carboxylic acids is 2. The lowest BCUT2D eigenvalue weighted by Crippen LogP contribution is -2.50. The van der Waals surface area contributed by atoms with E-state index >= 15 is 0 Å². The van der Waals surface area contributed by atoms with Crippen LogP contribution in [0.15, 0.2) is 45.7 Å². The van der Waals surface area contributed by atoms with Crippen LogP contribution in [0.3, 0.4) is 0 Å². The van der Waals surface area contributed by atoms with Gasteiger partial charge in [0.1, 0.15) is 0 Å². The largest absolute Gasteiger partial charge is 0.339 e. The molecular weight excluding hydrogens is 424 g/mol. The van der Waals surface area contributed by atoms with Crippen LogP contribution in [0.4, 0.5) is 0 Å². The maximum atomic E-state index is 12.4. The molecule has 0 N–H and O–H groups in total. The van der Waals surface area contributed by atoms with Crippen molar-refractivity contribution in [2.45, 2.75) is 26.3 Å². The summed E-state index contributed by atoms with van der Waals surface area (Å²) in [6.45, 7) is 4.23. The zero-order valence-electron chi connectivity index (χ0n) is 15.8. The standard InChI is InChI=1S/C20H23BrN4O3/c1-15(26)23-11-13-24(14-12-23)19(27)3-2-10-25-20(28)9-8-18(22-25)16-4-6-17(21)7-5-16/h4-9H,2-3,10-14H2,1H3. The molecule has 2 aromatic rings. The molecule has 7 nitrogen and oxygen atoms in total. The molecule has 2 heterocycles. The Morgan fingerprint density at radius 3 is 2.29 bits per heavy atom. The summed E-state index contributed by atoms with van der Waals surface area (Å²) in [5.74, 6) is 0.100. The highest BCUT2D eigenvalue weighted by atomic mass is 79.9. The van der Waals surface area contributed by atoms with Gasteiger partial charge in [-0.25, -0.2) is 4.68 Å². The number of aromatic nitrogens is 2. The number of nitrogens with zero attached hydrogens (tertiary/aromatic N) is 4. The van der Waals surface area contributed by atoms with Gasteiger partial charge in [0.2, 0.25) is 11.8 Å². The Kier molecular flexibility index (Phi) is 6.61. The van der Waals surface area contributed by atoms with Gasteiger partial charge >= 0.3 is 0 Å². The second-order valence-corrected chi connectivity index (χ2v) is 7.69. The van der Waals surface area contributed by atoms with Gasteiger partial charge < -0.3 is 9.80 Å². The molecule has 0 saturated carbocycles.